The van der Waals surface area contributed by atoms with Crippen LogP contribution in [-0.2, 0) is 13.2 Å². The maximum absolute atomic E-state index is 9.09. The molecule has 0 amide bonds. The zero-order chi connectivity index (χ0) is 15.1. The van der Waals surface area contributed by atoms with Crippen molar-refractivity contribution in [2.75, 3.05) is 6.54 Å². The van der Waals surface area contributed by atoms with Crippen molar-refractivity contribution in [2.45, 2.75) is 27.0 Å². The topological polar surface area (TPSA) is 57.9 Å². The number of nitrogens with zero attached hydrogens (tertiary/aromatic N) is 2. The number of ether oxygens (including phenoxy) is 1. The van der Waals surface area contributed by atoms with Crippen molar-refractivity contribution in [3.63, 3.8) is 0 Å². The first kappa shape index (κ1) is 15.0. The van der Waals surface area contributed by atoms with Crippen LogP contribution in [0.5, 0.6) is 5.75 Å². The molecule has 108 valence electrons. The number of pyridine rings is 1. The number of benzene rings is 1. The van der Waals surface area contributed by atoms with E-state index in [4.69, 9.17) is 10.00 Å². The van der Waals surface area contributed by atoms with Gasteiger partial charge in [0.25, 0.3) is 0 Å². The third-order valence-corrected chi connectivity index (χ3v) is 3.14. The van der Waals surface area contributed by atoms with Gasteiger partial charge in [0.15, 0.2) is 0 Å². The summed E-state index contributed by atoms with van der Waals surface area (Å²) in [4.78, 5) is 4.51. The Hall–Kier alpha value is -2.38. The van der Waals surface area contributed by atoms with Crippen LogP contribution in [0, 0.1) is 18.3 Å². The molecule has 0 spiro atoms. The van der Waals surface area contributed by atoms with Crippen LogP contribution in [0.1, 0.15) is 29.4 Å². The van der Waals surface area contributed by atoms with Crippen molar-refractivity contribution >= 4 is 0 Å². The predicted molar refractivity (Wildman–Crippen MR) is 81.8 cm³/mol. The van der Waals surface area contributed by atoms with Gasteiger partial charge < -0.3 is 10.1 Å². The quantitative estimate of drug-likeness (QED) is 0.884. The molecule has 2 rings (SSSR count). The Morgan fingerprint density at radius 3 is 2.81 bits per heavy atom. The molecule has 0 radical (unpaired) electrons. The molecule has 4 heteroatoms. The molecular formula is C17H19N3O. The van der Waals surface area contributed by atoms with E-state index in [-0.39, 0.29) is 0 Å². The average Bonchev–Trinajstić information content (AvgIpc) is 2.52. The normalized spacial score (nSPS) is 10.1. The van der Waals surface area contributed by atoms with Crippen molar-refractivity contribution in [1.29, 1.82) is 5.26 Å². The second-order valence-corrected chi connectivity index (χ2v) is 4.74. The van der Waals surface area contributed by atoms with Crippen molar-refractivity contribution in [1.82, 2.24) is 10.3 Å². The fourth-order valence-corrected chi connectivity index (χ4v) is 2.01. The van der Waals surface area contributed by atoms with E-state index in [1.807, 2.05) is 37.3 Å². The van der Waals surface area contributed by atoms with Gasteiger partial charge in [-0.3, -0.25) is 4.98 Å². The molecular weight excluding hydrogens is 262 g/mol. The molecule has 1 heterocycles. The van der Waals surface area contributed by atoms with Gasteiger partial charge in [-0.15, -0.1) is 0 Å². The lowest BCUT2D eigenvalue weighted by molar-refractivity contribution is 0.300. The summed E-state index contributed by atoms with van der Waals surface area (Å²) in [5.74, 6) is 0.759. The van der Waals surface area contributed by atoms with E-state index in [0.717, 1.165) is 29.2 Å². The van der Waals surface area contributed by atoms with Crippen molar-refractivity contribution in [3.8, 4) is 11.8 Å². The molecule has 0 aliphatic heterocycles. The van der Waals surface area contributed by atoms with Crippen molar-refractivity contribution in [3.05, 3.63) is 58.9 Å². The average molecular weight is 281 g/mol. The minimum Gasteiger partial charge on any atom is -0.487 e. The highest BCUT2D eigenvalue weighted by Gasteiger charge is 2.07. The van der Waals surface area contributed by atoms with Crippen LogP contribution in [0.25, 0.3) is 0 Å². The van der Waals surface area contributed by atoms with E-state index in [2.05, 4.69) is 23.3 Å². The number of nitrogens with one attached hydrogen (secondary N) is 1. The first-order valence-electron chi connectivity index (χ1n) is 7.02. The lowest BCUT2D eigenvalue weighted by atomic mass is 10.1. The summed E-state index contributed by atoms with van der Waals surface area (Å²) in [5, 5.41) is 12.4. The third-order valence-electron chi connectivity index (χ3n) is 3.14. The Morgan fingerprint density at radius 2 is 2.05 bits per heavy atom. The number of aryl methyl sites for hydroxylation is 1. The summed E-state index contributed by atoms with van der Waals surface area (Å²) in [7, 11) is 0. The first-order valence-corrected chi connectivity index (χ1v) is 7.02. The molecule has 0 fully saturated rings. The zero-order valence-corrected chi connectivity index (χ0v) is 12.4. The van der Waals surface area contributed by atoms with Crippen LogP contribution < -0.4 is 10.1 Å². The van der Waals surface area contributed by atoms with E-state index >= 15 is 0 Å². The Labute approximate surface area is 125 Å². The standard InChI is InChI=1S/C17H19N3O/c1-3-19-11-16-17(9-8-13(2)20-16)21-12-15-7-5-4-6-14(15)10-18/h4-9,19H,3,11-12H2,1-2H3. The van der Waals surface area contributed by atoms with Gasteiger partial charge in [0.2, 0.25) is 0 Å². The number of aromatic nitrogens is 1. The van der Waals surface area contributed by atoms with E-state index in [0.29, 0.717) is 18.7 Å². The minimum absolute atomic E-state index is 0.369. The predicted octanol–water partition coefficient (Wildman–Crippen LogP) is 2.95. The molecule has 1 aromatic heterocycles. The molecule has 0 aliphatic carbocycles. The molecule has 1 N–H and O–H groups in total. The second kappa shape index (κ2) is 7.41. The lowest BCUT2D eigenvalue weighted by Gasteiger charge is -2.12. The van der Waals surface area contributed by atoms with E-state index in [1.165, 1.54) is 0 Å². The molecule has 0 bridgehead atoms. The summed E-state index contributed by atoms with van der Waals surface area (Å²) < 4.78 is 5.86. The van der Waals surface area contributed by atoms with Gasteiger partial charge in [-0.2, -0.15) is 5.26 Å². The van der Waals surface area contributed by atoms with Gasteiger partial charge in [-0.25, -0.2) is 0 Å². The molecule has 0 aliphatic rings. The molecule has 0 unspecified atom stereocenters. The summed E-state index contributed by atoms with van der Waals surface area (Å²) in [5.41, 5.74) is 3.39. The first-order chi connectivity index (χ1) is 10.2. The monoisotopic (exact) mass is 281 g/mol. The lowest BCUT2D eigenvalue weighted by Crippen LogP contribution is -2.14. The number of rotatable bonds is 6. The fourth-order valence-electron chi connectivity index (χ4n) is 2.01. The van der Waals surface area contributed by atoms with E-state index in [1.54, 1.807) is 6.07 Å². The maximum atomic E-state index is 9.09. The summed E-state index contributed by atoms with van der Waals surface area (Å²) in [6, 6.07) is 13.5. The van der Waals surface area contributed by atoms with Gasteiger partial charge in [0.1, 0.15) is 12.4 Å². The Bertz CT molecular complexity index is 647. The summed E-state index contributed by atoms with van der Waals surface area (Å²) >= 11 is 0. The number of hydrogen-bond acceptors (Lipinski definition) is 4. The Balaban J connectivity index is 2.14. The smallest absolute Gasteiger partial charge is 0.142 e. The van der Waals surface area contributed by atoms with Crippen LogP contribution in [0.2, 0.25) is 0 Å². The highest BCUT2D eigenvalue weighted by molar-refractivity contribution is 5.37. The molecule has 0 saturated heterocycles. The molecule has 21 heavy (non-hydrogen) atoms. The molecule has 2 aromatic rings. The zero-order valence-electron chi connectivity index (χ0n) is 12.4. The summed E-state index contributed by atoms with van der Waals surface area (Å²) in [6.45, 7) is 5.94. The molecule has 0 atom stereocenters. The second-order valence-electron chi connectivity index (χ2n) is 4.74. The van der Waals surface area contributed by atoms with Gasteiger partial charge in [-0.1, -0.05) is 25.1 Å². The van der Waals surface area contributed by atoms with Crippen LogP contribution in [0.15, 0.2) is 36.4 Å². The highest BCUT2D eigenvalue weighted by Crippen LogP contribution is 2.19. The maximum Gasteiger partial charge on any atom is 0.142 e. The third kappa shape index (κ3) is 4.04. The molecule has 0 saturated carbocycles. The van der Waals surface area contributed by atoms with Crippen LogP contribution in [0.3, 0.4) is 0 Å². The fraction of sp³-hybridized carbons (Fsp3) is 0.294. The van der Waals surface area contributed by atoms with Crippen LogP contribution >= 0.6 is 0 Å². The SMILES string of the molecule is CCNCc1nc(C)ccc1OCc1ccccc1C#N. The molecule has 4 nitrogen and oxygen atoms in total. The number of hydrogen-bond donors (Lipinski definition) is 1. The van der Waals surface area contributed by atoms with Crippen LogP contribution in [-0.4, -0.2) is 11.5 Å². The Morgan fingerprint density at radius 1 is 1.24 bits per heavy atom. The molecule has 1 aromatic carbocycles. The van der Waals surface area contributed by atoms with Crippen molar-refractivity contribution < 1.29 is 4.74 Å². The van der Waals surface area contributed by atoms with Gasteiger partial charge in [0, 0.05) is 17.8 Å². The van der Waals surface area contributed by atoms with E-state index < -0.39 is 0 Å². The van der Waals surface area contributed by atoms with E-state index in [9.17, 15) is 0 Å². The largest absolute Gasteiger partial charge is 0.487 e. The number of nitriles is 1. The van der Waals surface area contributed by atoms with Gasteiger partial charge >= 0.3 is 0 Å². The van der Waals surface area contributed by atoms with Crippen LogP contribution in [0.4, 0.5) is 0 Å². The minimum atomic E-state index is 0.369. The van der Waals surface area contributed by atoms with Crippen molar-refractivity contribution in [2.24, 2.45) is 0 Å². The van der Waals surface area contributed by atoms with Gasteiger partial charge in [-0.05, 0) is 31.7 Å². The van der Waals surface area contributed by atoms with Gasteiger partial charge in [0.05, 0.1) is 17.3 Å². The Kier molecular flexibility index (Phi) is 5.30. The highest BCUT2D eigenvalue weighted by atomic mass is 16.5. The summed E-state index contributed by atoms with van der Waals surface area (Å²) in [6.07, 6.45) is 0.